The maximum Gasteiger partial charge on any atom is 0.252 e. The van der Waals surface area contributed by atoms with Gasteiger partial charge in [0.1, 0.15) is 11.5 Å². The molecule has 0 amide bonds. The van der Waals surface area contributed by atoms with Crippen LogP contribution in [0, 0.1) is 6.92 Å². The second kappa shape index (κ2) is 3.79. The number of hydrogen-bond acceptors (Lipinski definition) is 1. The highest BCUT2D eigenvalue weighted by atomic mass is 16.5. The van der Waals surface area contributed by atoms with Crippen LogP contribution in [0.2, 0.25) is 0 Å². The van der Waals surface area contributed by atoms with Gasteiger partial charge < -0.3 is 4.74 Å². The fourth-order valence-corrected chi connectivity index (χ4v) is 3.77. The molecule has 3 aromatic carbocycles. The summed E-state index contributed by atoms with van der Waals surface area (Å²) in [6.07, 6.45) is 0. The minimum absolute atomic E-state index is 0.316. The summed E-state index contributed by atoms with van der Waals surface area (Å²) in [6.45, 7) is 2.45. The van der Waals surface area contributed by atoms with Gasteiger partial charge in [0, 0.05) is 0 Å². The maximum absolute atomic E-state index is 6.18. The summed E-state index contributed by atoms with van der Waals surface area (Å²) >= 11 is 0. The van der Waals surface area contributed by atoms with Crippen molar-refractivity contribution in [2.45, 2.75) is 6.92 Å². The predicted octanol–water partition coefficient (Wildman–Crippen LogP) is 2.60. The number of aryl methyl sites for hydroxylation is 1. The molecule has 2 aliphatic rings. The van der Waals surface area contributed by atoms with Gasteiger partial charge in [0.2, 0.25) is 0 Å². The van der Waals surface area contributed by atoms with Gasteiger partial charge in [-0.1, -0.05) is 54.0 Å². The lowest BCUT2D eigenvalue weighted by molar-refractivity contribution is 0.487. The zero-order valence-electron chi connectivity index (χ0n) is 11.8. The first-order chi connectivity index (χ1) is 10.3. The molecule has 3 aromatic rings. The lowest BCUT2D eigenvalue weighted by Gasteiger charge is -2.24. The fraction of sp³-hybridized carbons (Fsp3) is 0.0526. The quantitative estimate of drug-likeness (QED) is 0.392. The van der Waals surface area contributed by atoms with Gasteiger partial charge in [-0.25, -0.2) is 0 Å². The topological polar surface area (TPSA) is 9.23 Å². The van der Waals surface area contributed by atoms with Crippen molar-refractivity contribution in [2.24, 2.45) is 0 Å². The molecular formula is C19H13BO. The Hall–Kier alpha value is -2.48. The monoisotopic (exact) mass is 268 g/mol. The number of fused-ring (bicyclic) bond motifs is 5. The smallest absolute Gasteiger partial charge is 0.252 e. The van der Waals surface area contributed by atoms with E-state index >= 15 is 0 Å². The lowest BCUT2D eigenvalue weighted by atomic mass is 9.38. The van der Waals surface area contributed by atoms with Crippen LogP contribution in [0.15, 0.2) is 60.7 Å². The third kappa shape index (κ3) is 1.37. The Kier molecular flexibility index (Phi) is 2.02. The molecule has 0 radical (unpaired) electrons. The van der Waals surface area contributed by atoms with Crippen LogP contribution < -0.4 is 21.1 Å². The minimum atomic E-state index is 0.316. The SMILES string of the molecule is Cc1cc2c3c(c1)-c1ccccc1B3c1ccccc1O2. The molecule has 98 valence electrons. The average Bonchev–Trinajstić information content (AvgIpc) is 2.84. The Balaban J connectivity index is 1.93. The summed E-state index contributed by atoms with van der Waals surface area (Å²) in [7, 11) is 0. The van der Waals surface area contributed by atoms with E-state index in [4.69, 9.17) is 4.74 Å². The van der Waals surface area contributed by atoms with Crippen molar-refractivity contribution in [3.63, 3.8) is 0 Å². The molecule has 0 saturated carbocycles. The highest BCUT2D eigenvalue weighted by molar-refractivity contribution is 7.00. The highest BCUT2D eigenvalue weighted by Crippen LogP contribution is 2.34. The van der Waals surface area contributed by atoms with Crippen molar-refractivity contribution in [3.8, 4) is 22.6 Å². The summed E-state index contributed by atoms with van der Waals surface area (Å²) in [5, 5.41) is 0. The molecule has 21 heavy (non-hydrogen) atoms. The Morgan fingerprint density at radius 3 is 2.43 bits per heavy atom. The zero-order chi connectivity index (χ0) is 14.0. The van der Waals surface area contributed by atoms with E-state index < -0.39 is 0 Å². The Bertz CT molecular complexity index is 898. The first-order valence-electron chi connectivity index (χ1n) is 7.33. The molecule has 2 heteroatoms. The molecule has 1 nitrogen and oxygen atoms in total. The van der Waals surface area contributed by atoms with Crippen molar-refractivity contribution in [2.75, 3.05) is 0 Å². The van der Waals surface area contributed by atoms with E-state index in [1.165, 1.54) is 33.1 Å². The second-order valence-electron chi connectivity index (χ2n) is 5.88. The zero-order valence-corrected chi connectivity index (χ0v) is 11.8. The average molecular weight is 268 g/mol. The van der Waals surface area contributed by atoms with Crippen LogP contribution in [0.25, 0.3) is 11.1 Å². The molecule has 0 fully saturated rings. The number of ether oxygens (including phenoxy) is 1. The number of rotatable bonds is 0. The summed E-state index contributed by atoms with van der Waals surface area (Å²) < 4.78 is 6.18. The molecule has 2 aliphatic heterocycles. The van der Waals surface area contributed by atoms with Gasteiger partial charge in [0.25, 0.3) is 6.71 Å². The van der Waals surface area contributed by atoms with Crippen LogP contribution in [0.1, 0.15) is 5.56 Å². The standard InChI is InChI=1S/C19H13BO/c1-12-10-14-13-6-2-3-7-15(13)20-16-8-4-5-9-17(16)21-18(11-12)19(14)20/h2-11H,1H3. The largest absolute Gasteiger partial charge is 0.458 e. The molecule has 2 heterocycles. The van der Waals surface area contributed by atoms with Crippen LogP contribution in [-0.2, 0) is 0 Å². The fourth-order valence-electron chi connectivity index (χ4n) is 3.77. The summed E-state index contributed by atoms with van der Waals surface area (Å²) in [6, 6.07) is 21.6. The van der Waals surface area contributed by atoms with E-state index in [-0.39, 0.29) is 0 Å². The van der Waals surface area contributed by atoms with E-state index in [1.807, 2.05) is 6.07 Å². The Morgan fingerprint density at radius 1 is 0.762 bits per heavy atom. The van der Waals surface area contributed by atoms with Crippen LogP contribution in [0.3, 0.4) is 0 Å². The molecule has 5 rings (SSSR count). The summed E-state index contributed by atoms with van der Waals surface area (Å²) in [5.41, 5.74) is 7.94. The predicted molar refractivity (Wildman–Crippen MR) is 87.8 cm³/mol. The summed E-state index contributed by atoms with van der Waals surface area (Å²) in [5.74, 6) is 2.01. The number of para-hydroxylation sites is 1. The van der Waals surface area contributed by atoms with Crippen molar-refractivity contribution >= 4 is 23.1 Å². The van der Waals surface area contributed by atoms with Crippen LogP contribution in [-0.4, -0.2) is 6.71 Å². The van der Waals surface area contributed by atoms with Gasteiger partial charge in [0.05, 0.1) is 0 Å². The second-order valence-corrected chi connectivity index (χ2v) is 5.88. The normalized spacial score (nSPS) is 13.3. The third-order valence-corrected chi connectivity index (χ3v) is 4.59. The van der Waals surface area contributed by atoms with Crippen LogP contribution in [0.4, 0.5) is 0 Å². The molecule has 0 saturated heterocycles. The molecule has 0 aromatic heterocycles. The van der Waals surface area contributed by atoms with Gasteiger partial charge >= 0.3 is 0 Å². The van der Waals surface area contributed by atoms with E-state index in [1.54, 1.807) is 0 Å². The first-order valence-corrected chi connectivity index (χ1v) is 7.33. The first kappa shape index (κ1) is 11.2. The van der Waals surface area contributed by atoms with Gasteiger partial charge in [-0.15, -0.1) is 0 Å². The maximum atomic E-state index is 6.18. The molecular weight excluding hydrogens is 255 g/mol. The Labute approximate surface area is 124 Å². The molecule has 0 unspecified atom stereocenters. The molecule has 0 bridgehead atoms. The van der Waals surface area contributed by atoms with Crippen molar-refractivity contribution < 1.29 is 4.74 Å². The van der Waals surface area contributed by atoms with Gasteiger partial charge in [-0.2, -0.15) is 0 Å². The van der Waals surface area contributed by atoms with Crippen LogP contribution in [0.5, 0.6) is 11.5 Å². The number of benzene rings is 3. The van der Waals surface area contributed by atoms with Crippen LogP contribution >= 0.6 is 0 Å². The summed E-state index contributed by atoms with van der Waals surface area (Å²) in [4.78, 5) is 0. The molecule has 0 atom stereocenters. The third-order valence-electron chi connectivity index (χ3n) is 4.59. The van der Waals surface area contributed by atoms with Crippen molar-refractivity contribution in [3.05, 3.63) is 66.2 Å². The van der Waals surface area contributed by atoms with E-state index in [0.717, 1.165) is 11.5 Å². The molecule has 0 spiro atoms. The minimum Gasteiger partial charge on any atom is -0.458 e. The highest BCUT2D eigenvalue weighted by Gasteiger charge is 2.40. The van der Waals surface area contributed by atoms with E-state index in [0.29, 0.717) is 6.71 Å². The lowest BCUT2D eigenvalue weighted by Crippen LogP contribution is -2.51. The molecule has 0 N–H and O–H groups in total. The molecule has 0 aliphatic carbocycles. The van der Waals surface area contributed by atoms with Crippen molar-refractivity contribution in [1.29, 1.82) is 0 Å². The van der Waals surface area contributed by atoms with Crippen molar-refractivity contribution in [1.82, 2.24) is 0 Å². The van der Waals surface area contributed by atoms with E-state index in [2.05, 4.69) is 61.5 Å². The van der Waals surface area contributed by atoms with Gasteiger partial charge in [-0.05, 0) is 46.7 Å². The van der Waals surface area contributed by atoms with E-state index in [9.17, 15) is 0 Å². The Morgan fingerprint density at radius 2 is 1.52 bits per heavy atom. The van der Waals surface area contributed by atoms with Gasteiger partial charge in [-0.3, -0.25) is 0 Å². The van der Waals surface area contributed by atoms with Gasteiger partial charge in [0.15, 0.2) is 0 Å². The number of hydrogen-bond donors (Lipinski definition) is 0.